The van der Waals surface area contributed by atoms with Gasteiger partial charge in [0.15, 0.2) is 0 Å². The van der Waals surface area contributed by atoms with Crippen LogP contribution in [0.5, 0.6) is 5.75 Å². The summed E-state index contributed by atoms with van der Waals surface area (Å²) >= 11 is 0. The van der Waals surface area contributed by atoms with Crippen LogP contribution in [0.15, 0.2) is 48.5 Å². The zero-order valence-corrected chi connectivity index (χ0v) is 15.1. The van der Waals surface area contributed by atoms with Crippen LogP contribution in [0.2, 0.25) is 0 Å². The first-order valence-corrected chi connectivity index (χ1v) is 8.31. The van der Waals surface area contributed by atoms with Crippen LogP contribution in [-0.4, -0.2) is 25.5 Å². The number of hydrogen-bond acceptors (Lipinski definition) is 3. The van der Waals surface area contributed by atoms with E-state index in [9.17, 15) is 14.0 Å². The van der Waals surface area contributed by atoms with Crippen LogP contribution < -0.4 is 15.4 Å². The molecule has 138 valence electrons. The minimum absolute atomic E-state index is 0.370. The Kier molecular flexibility index (Phi) is 6.33. The van der Waals surface area contributed by atoms with Gasteiger partial charge in [-0.3, -0.25) is 9.59 Å². The summed E-state index contributed by atoms with van der Waals surface area (Å²) in [6, 6.07) is 13.0. The van der Waals surface area contributed by atoms with Gasteiger partial charge in [0, 0.05) is 12.2 Å². The number of rotatable bonds is 7. The summed E-state index contributed by atoms with van der Waals surface area (Å²) in [5, 5.41) is 5.42. The van der Waals surface area contributed by atoms with E-state index in [1.165, 1.54) is 24.3 Å². The highest BCUT2D eigenvalue weighted by molar-refractivity contribution is 6.09. The Morgan fingerprint density at radius 2 is 1.62 bits per heavy atom. The number of hydrogen-bond donors (Lipinski definition) is 2. The van der Waals surface area contributed by atoms with Crippen molar-refractivity contribution in [2.24, 2.45) is 5.41 Å². The molecule has 0 aliphatic heterocycles. The monoisotopic (exact) mass is 358 g/mol. The predicted octanol–water partition coefficient (Wildman–Crippen LogP) is 3.16. The van der Waals surface area contributed by atoms with Crippen molar-refractivity contribution >= 4 is 17.5 Å². The lowest BCUT2D eigenvalue weighted by Crippen LogP contribution is -2.45. The molecular formula is C20H23FN2O3. The van der Waals surface area contributed by atoms with Crippen molar-refractivity contribution in [1.82, 2.24) is 5.32 Å². The van der Waals surface area contributed by atoms with Gasteiger partial charge in [0.25, 0.3) is 0 Å². The molecule has 6 heteroatoms. The molecule has 0 saturated carbocycles. The maximum atomic E-state index is 12.9. The van der Waals surface area contributed by atoms with Crippen molar-refractivity contribution in [3.05, 3.63) is 59.9 Å². The highest BCUT2D eigenvalue weighted by Gasteiger charge is 2.35. The largest absolute Gasteiger partial charge is 0.497 e. The van der Waals surface area contributed by atoms with Gasteiger partial charge in [-0.15, -0.1) is 0 Å². The van der Waals surface area contributed by atoms with Crippen molar-refractivity contribution in [2.45, 2.75) is 20.3 Å². The van der Waals surface area contributed by atoms with Gasteiger partial charge < -0.3 is 15.4 Å². The molecule has 2 aromatic carbocycles. The Bertz CT molecular complexity index is 756. The first-order chi connectivity index (χ1) is 12.3. The Morgan fingerprint density at radius 1 is 1.00 bits per heavy atom. The molecule has 0 radical (unpaired) electrons. The summed E-state index contributed by atoms with van der Waals surface area (Å²) in [7, 11) is 1.61. The summed E-state index contributed by atoms with van der Waals surface area (Å²) in [6.07, 6.45) is 0.644. The number of carbonyl (C=O) groups is 2. The van der Waals surface area contributed by atoms with E-state index < -0.39 is 17.1 Å². The van der Waals surface area contributed by atoms with Crippen LogP contribution in [0.3, 0.4) is 0 Å². The van der Waals surface area contributed by atoms with Crippen LogP contribution in [0, 0.1) is 11.2 Å². The minimum atomic E-state index is -1.26. The predicted molar refractivity (Wildman–Crippen MR) is 98.5 cm³/mol. The van der Waals surface area contributed by atoms with Crippen LogP contribution in [0.25, 0.3) is 0 Å². The van der Waals surface area contributed by atoms with Crippen LogP contribution in [0.1, 0.15) is 19.4 Å². The lowest BCUT2D eigenvalue weighted by molar-refractivity contribution is -0.138. The van der Waals surface area contributed by atoms with Gasteiger partial charge >= 0.3 is 0 Å². The van der Waals surface area contributed by atoms with Gasteiger partial charge in [-0.25, -0.2) is 4.39 Å². The zero-order valence-electron chi connectivity index (χ0n) is 15.1. The van der Waals surface area contributed by atoms with Crippen molar-refractivity contribution in [2.75, 3.05) is 19.0 Å². The molecule has 0 saturated heterocycles. The third kappa shape index (κ3) is 5.05. The molecule has 0 aromatic heterocycles. The molecule has 0 bridgehead atoms. The second-order valence-corrected chi connectivity index (χ2v) is 6.44. The molecule has 0 aliphatic carbocycles. The SMILES string of the molecule is COc1ccc(CCNC(=O)C(C)(C)C(=O)Nc2ccc(F)cc2)cc1. The zero-order chi connectivity index (χ0) is 19.2. The van der Waals surface area contributed by atoms with Crippen molar-refractivity contribution in [1.29, 1.82) is 0 Å². The van der Waals surface area contributed by atoms with Crippen molar-refractivity contribution < 1.29 is 18.7 Å². The van der Waals surface area contributed by atoms with E-state index in [-0.39, 0.29) is 5.91 Å². The lowest BCUT2D eigenvalue weighted by atomic mass is 9.91. The minimum Gasteiger partial charge on any atom is -0.497 e. The second-order valence-electron chi connectivity index (χ2n) is 6.44. The van der Waals surface area contributed by atoms with Crippen molar-refractivity contribution in [3.63, 3.8) is 0 Å². The summed E-state index contributed by atoms with van der Waals surface area (Å²) < 4.78 is 18.0. The number of halogens is 1. The fourth-order valence-corrected chi connectivity index (χ4v) is 2.26. The van der Waals surface area contributed by atoms with E-state index in [4.69, 9.17) is 4.74 Å². The van der Waals surface area contributed by atoms with Gasteiger partial charge in [0.1, 0.15) is 17.0 Å². The maximum absolute atomic E-state index is 12.9. The summed E-state index contributed by atoms with van der Waals surface area (Å²) in [5.74, 6) is -0.438. The molecule has 2 amide bonds. The second kappa shape index (κ2) is 8.47. The highest BCUT2D eigenvalue weighted by atomic mass is 19.1. The summed E-state index contributed by atoms with van der Waals surface area (Å²) in [6.45, 7) is 3.52. The van der Waals surface area contributed by atoms with Crippen LogP contribution in [-0.2, 0) is 16.0 Å². The van der Waals surface area contributed by atoms with Gasteiger partial charge in [0.2, 0.25) is 11.8 Å². The average molecular weight is 358 g/mol. The van der Waals surface area contributed by atoms with Gasteiger partial charge in [-0.2, -0.15) is 0 Å². The molecule has 26 heavy (non-hydrogen) atoms. The smallest absolute Gasteiger partial charge is 0.239 e. The molecule has 0 fully saturated rings. The first-order valence-electron chi connectivity index (χ1n) is 8.31. The number of carbonyl (C=O) groups excluding carboxylic acids is 2. The van der Waals surface area contributed by atoms with E-state index >= 15 is 0 Å². The Balaban J connectivity index is 1.87. The number of amides is 2. The summed E-state index contributed by atoms with van der Waals surface area (Å²) in [5.41, 5.74) is 0.240. The van der Waals surface area contributed by atoms with Crippen molar-refractivity contribution in [3.8, 4) is 5.75 Å². The normalized spacial score (nSPS) is 10.9. The molecule has 0 heterocycles. The molecule has 0 aliphatic rings. The van der Waals surface area contributed by atoms with E-state index in [0.717, 1.165) is 11.3 Å². The quantitative estimate of drug-likeness (QED) is 0.747. The molecule has 2 N–H and O–H groups in total. The number of anilines is 1. The van der Waals surface area contributed by atoms with E-state index in [2.05, 4.69) is 10.6 Å². The molecule has 5 nitrogen and oxygen atoms in total. The van der Waals surface area contributed by atoms with Gasteiger partial charge in [0.05, 0.1) is 7.11 Å². The van der Waals surface area contributed by atoms with E-state index in [0.29, 0.717) is 18.7 Å². The maximum Gasteiger partial charge on any atom is 0.239 e. The van der Waals surface area contributed by atoms with Crippen LogP contribution in [0.4, 0.5) is 10.1 Å². The first kappa shape index (κ1) is 19.4. The molecular weight excluding hydrogens is 335 g/mol. The molecule has 2 rings (SSSR count). The Hall–Kier alpha value is -2.89. The standard InChI is InChI=1S/C20H23FN2O3/c1-20(2,19(25)23-16-8-6-15(21)7-9-16)18(24)22-13-12-14-4-10-17(26-3)11-5-14/h4-11H,12-13H2,1-3H3,(H,22,24)(H,23,25). The number of benzene rings is 2. The third-order valence-corrected chi connectivity index (χ3v) is 4.10. The fourth-order valence-electron chi connectivity index (χ4n) is 2.26. The average Bonchev–Trinajstić information content (AvgIpc) is 2.64. The lowest BCUT2D eigenvalue weighted by Gasteiger charge is -2.22. The topological polar surface area (TPSA) is 67.4 Å². The van der Waals surface area contributed by atoms with Gasteiger partial charge in [-0.1, -0.05) is 12.1 Å². The molecule has 0 atom stereocenters. The number of ether oxygens (including phenoxy) is 1. The number of nitrogens with one attached hydrogen (secondary N) is 2. The molecule has 2 aromatic rings. The molecule has 0 spiro atoms. The Morgan fingerprint density at radius 3 is 2.19 bits per heavy atom. The Labute approximate surface area is 152 Å². The number of methoxy groups -OCH3 is 1. The van der Waals surface area contributed by atoms with Crippen LogP contribution >= 0.6 is 0 Å². The van der Waals surface area contributed by atoms with Gasteiger partial charge in [-0.05, 0) is 62.2 Å². The van der Waals surface area contributed by atoms with E-state index in [1.807, 2.05) is 24.3 Å². The summed E-state index contributed by atoms with van der Waals surface area (Å²) in [4.78, 5) is 24.8. The fraction of sp³-hybridized carbons (Fsp3) is 0.300. The molecule has 0 unspecified atom stereocenters. The third-order valence-electron chi connectivity index (χ3n) is 4.10. The highest BCUT2D eigenvalue weighted by Crippen LogP contribution is 2.19. The van der Waals surface area contributed by atoms with E-state index in [1.54, 1.807) is 21.0 Å².